The van der Waals surface area contributed by atoms with Gasteiger partial charge in [0.2, 0.25) is 5.95 Å². The van der Waals surface area contributed by atoms with Gasteiger partial charge >= 0.3 is 6.09 Å². The van der Waals surface area contributed by atoms with Gasteiger partial charge in [-0.2, -0.15) is 4.98 Å². The molecule has 2 N–H and O–H groups in total. The number of piperidine rings is 1. The molecule has 34 heavy (non-hydrogen) atoms. The van der Waals surface area contributed by atoms with Crippen LogP contribution in [0.2, 0.25) is 0 Å². The lowest BCUT2D eigenvalue weighted by atomic mass is 9.82. The van der Waals surface area contributed by atoms with E-state index in [0.717, 1.165) is 74.4 Å². The molecule has 3 aliphatic rings. The maximum absolute atomic E-state index is 13.4. The van der Waals surface area contributed by atoms with Crippen molar-refractivity contribution >= 4 is 17.9 Å². The van der Waals surface area contributed by atoms with E-state index in [-0.39, 0.29) is 23.9 Å². The third-order valence-electron chi connectivity index (χ3n) is 7.32. The molecule has 0 radical (unpaired) electrons. The van der Waals surface area contributed by atoms with Gasteiger partial charge in [0, 0.05) is 25.2 Å². The van der Waals surface area contributed by atoms with Gasteiger partial charge in [-0.1, -0.05) is 12.1 Å². The molecule has 8 heteroatoms. The quantitative estimate of drug-likeness (QED) is 0.709. The summed E-state index contributed by atoms with van der Waals surface area (Å²) in [6, 6.07) is 6.89. The molecule has 2 saturated heterocycles. The molecular weight excluding hydrogens is 433 g/mol. The van der Waals surface area contributed by atoms with Crippen molar-refractivity contribution in [3.63, 3.8) is 0 Å². The summed E-state index contributed by atoms with van der Waals surface area (Å²) in [5, 5.41) is 0. The number of fused-ring (bicyclic) bond motifs is 2. The van der Waals surface area contributed by atoms with Crippen molar-refractivity contribution in [1.29, 1.82) is 0 Å². The van der Waals surface area contributed by atoms with Crippen LogP contribution >= 0.6 is 0 Å². The van der Waals surface area contributed by atoms with Gasteiger partial charge < -0.3 is 20.3 Å². The van der Waals surface area contributed by atoms with Crippen molar-refractivity contribution in [2.75, 3.05) is 30.3 Å². The Balaban J connectivity index is 1.37. The monoisotopic (exact) mass is 467 g/mol. The van der Waals surface area contributed by atoms with Crippen LogP contribution in [0.5, 0.6) is 0 Å². The molecule has 0 bridgehead atoms. The van der Waals surface area contributed by atoms with Crippen molar-refractivity contribution in [3.8, 4) is 0 Å². The largest absolute Gasteiger partial charge is 0.444 e. The number of benzene rings is 1. The molecule has 0 saturated carbocycles. The first-order valence-electron chi connectivity index (χ1n) is 12.3. The van der Waals surface area contributed by atoms with Crippen LogP contribution in [0.25, 0.3) is 0 Å². The number of rotatable bonds is 2. The zero-order chi connectivity index (χ0) is 24.0. The summed E-state index contributed by atoms with van der Waals surface area (Å²) in [6.07, 6.45) is 4.44. The second-order valence-electron chi connectivity index (χ2n) is 10.9. The molecule has 3 heterocycles. The van der Waals surface area contributed by atoms with Crippen molar-refractivity contribution < 1.29 is 13.9 Å². The SMILES string of the molecule is CC(C)(C)OC(=O)N1CCC[C@@H]2CN(c3nc(N)nc4c3CCC(c3ccc(F)cc3)C4)C[C@@H]21. The molecule has 1 unspecified atom stereocenters. The highest BCUT2D eigenvalue weighted by Crippen LogP contribution is 2.39. The lowest BCUT2D eigenvalue weighted by Crippen LogP contribution is -2.50. The Morgan fingerprint density at radius 2 is 1.91 bits per heavy atom. The molecular formula is C26H34FN5O2. The predicted molar refractivity (Wildman–Crippen MR) is 129 cm³/mol. The van der Waals surface area contributed by atoms with Gasteiger partial charge in [0.05, 0.1) is 11.7 Å². The highest BCUT2D eigenvalue weighted by Gasteiger charge is 2.43. The van der Waals surface area contributed by atoms with Gasteiger partial charge in [0.15, 0.2) is 0 Å². The second-order valence-corrected chi connectivity index (χ2v) is 10.9. The molecule has 7 nitrogen and oxygen atoms in total. The number of aromatic nitrogens is 2. The van der Waals surface area contributed by atoms with Crippen LogP contribution in [-0.4, -0.2) is 52.2 Å². The van der Waals surface area contributed by atoms with E-state index in [2.05, 4.69) is 14.9 Å². The Kier molecular flexibility index (Phi) is 5.86. The summed E-state index contributed by atoms with van der Waals surface area (Å²) < 4.78 is 19.1. The fourth-order valence-electron chi connectivity index (χ4n) is 5.80. The van der Waals surface area contributed by atoms with Crippen molar-refractivity contribution in [3.05, 3.63) is 46.9 Å². The number of hydrogen-bond acceptors (Lipinski definition) is 6. The first kappa shape index (κ1) is 22.9. The predicted octanol–water partition coefficient (Wildman–Crippen LogP) is 4.31. The average Bonchev–Trinajstić information content (AvgIpc) is 3.21. The van der Waals surface area contributed by atoms with Crippen LogP contribution in [0.15, 0.2) is 24.3 Å². The second kappa shape index (κ2) is 8.71. The van der Waals surface area contributed by atoms with Gasteiger partial charge in [-0.05, 0) is 82.4 Å². The third-order valence-corrected chi connectivity index (χ3v) is 7.32. The standard InChI is InChI=1S/C26H34FN5O2/c1-26(2,3)34-25(33)32-12-4-5-18-14-31(15-22(18)32)23-20-11-8-17(13-21(20)29-24(28)30-23)16-6-9-19(27)10-7-16/h6-7,9-10,17-18,22H,4-5,8,11-15H2,1-3H3,(H2,28,29,30)/t17?,18-,22+/m1/s1. The van der Waals surface area contributed by atoms with Crippen LogP contribution in [-0.2, 0) is 17.6 Å². The fraction of sp³-hybridized carbons (Fsp3) is 0.577. The number of nitrogen functional groups attached to an aromatic ring is 1. The van der Waals surface area contributed by atoms with Gasteiger partial charge in [-0.25, -0.2) is 14.2 Å². The van der Waals surface area contributed by atoms with Crippen LogP contribution < -0.4 is 10.6 Å². The zero-order valence-electron chi connectivity index (χ0n) is 20.3. The number of nitrogens with two attached hydrogens (primary N) is 1. The number of ether oxygens (including phenoxy) is 1. The van der Waals surface area contributed by atoms with E-state index >= 15 is 0 Å². The number of carbonyl (C=O) groups is 1. The number of anilines is 2. The molecule has 0 spiro atoms. The lowest BCUT2D eigenvalue weighted by Gasteiger charge is -2.37. The van der Waals surface area contributed by atoms with Crippen molar-refractivity contribution in [2.24, 2.45) is 5.92 Å². The van der Waals surface area contributed by atoms with Crippen molar-refractivity contribution in [1.82, 2.24) is 14.9 Å². The third kappa shape index (κ3) is 4.55. The summed E-state index contributed by atoms with van der Waals surface area (Å²) in [5.74, 6) is 1.67. The van der Waals surface area contributed by atoms with E-state index in [1.54, 1.807) is 0 Å². The Morgan fingerprint density at radius 1 is 1.15 bits per heavy atom. The smallest absolute Gasteiger partial charge is 0.410 e. The number of carbonyl (C=O) groups excluding carboxylic acids is 1. The van der Waals surface area contributed by atoms with E-state index in [0.29, 0.717) is 11.8 Å². The summed E-state index contributed by atoms with van der Waals surface area (Å²) in [4.78, 5) is 26.4. The minimum atomic E-state index is -0.510. The molecule has 2 aliphatic heterocycles. The maximum atomic E-state index is 13.4. The van der Waals surface area contributed by atoms with Crippen LogP contribution in [0.1, 0.15) is 62.8 Å². The Bertz CT molecular complexity index is 1070. The first-order chi connectivity index (χ1) is 16.2. The molecule has 1 amide bonds. The molecule has 3 atom stereocenters. The zero-order valence-corrected chi connectivity index (χ0v) is 20.3. The lowest BCUT2D eigenvalue weighted by molar-refractivity contribution is 0.00669. The summed E-state index contributed by atoms with van der Waals surface area (Å²) >= 11 is 0. The summed E-state index contributed by atoms with van der Waals surface area (Å²) in [5.41, 5.74) is 8.93. The summed E-state index contributed by atoms with van der Waals surface area (Å²) in [7, 11) is 0. The van der Waals surface area contributed by atoms with E-state index in [9.17, 15) is 9.18 Å². The van der Waals surface area contributed by atoms with Crippen LogP contribution in [0.4, 0.5) is 21.0 Å². The number of amides is 1. The molecule has 1 aliphatic carbocycles. The number of likely N-dealkylation sites (tertiary alicyclic amines) is 1. The number of halogens is 1. The maximum Gasteiger partial charge on any atom is 0.410 e. The molecule has 5 rings (SSSR count). The Hall–Kier alpha value is -2.90. The molecule has 182 valence electrons. The number of hydrogen-bond donors (Lipinski definition) is 1. The van der Waals surface area contributed by atoms with Gasteiger partial charge in [-0.15, -0.1) is 0 Å². The normalized spacial score (nSPS) is 24.5. The average molecular weight is 468 g/mol. The minimum absolute atomic E-state index is 0.117. The molecule has 1 aromatic heterocycles. The van der Waals surface area contributed by atoms with Gasteiger partial charge in [-0.3, -0.25) is 0 Å². The molecule has 2 fully saturated rings. The van der Waals surface area contributed by atoms with Crippen molar-refractivity contribution in [2.45, 2.75) is 70.4 Å². The van der Waals surface area contributed by atoms with E-state index in [4.69, 9.17) is 10.5 Å². The Morgan fingerprint density at radius 3 is 2.65 bits per heavy atom. The molecule has 2 aromatic rings. The van der Waals surface area contributed by atoms with Crippen LogP contribution in [0.3, 0.4) is 0 Å². The highest BCUT2D eigenvalue weighted by molar-refractivity contribution is 5.69. The highest BCUT2D eigenvalue weighted by atomic mass is 19.1. The topological polar surface area (TPSA) is 84.6 Å². The van der Waals surface area contributed by atoms with Gasteiger partial charge in [0.25, 0.3) is 0 Å². The fourth-order valence-corrected chi connectivity index (χ4v) is 5.80. The Labute approximate surface area is 200 Å². The summed E-state index contributed by atoms with van der Waals surface area (Å²) in [6.45, 7) is 8.03. The van der Waals surface area contributed by atoms with Gasteiger partial charge in [0.1, 0.15) is 17.2 Å². The van der Waals surface area contributed by atoms with Crippen LogP contribution in [0, 0.1) is 11.7 Å². The number of nitrogens with zero attached hydrogens (tertiary/aromatic N) is 4. The molecule has 1 aromatic carbocycles. The van der Waals surface area contributed by atoms with E-state index in [1.807, 2.05) is 37.8 Å². The van der Waals surface area contributed by atoms with E-state index in [1.165, 1.54) is 12.1 Å². The first-order valence-corrected chi connectivity index (χ1v) is 12.3. The van der Waals surface area contributed by atoms with E-state index < -0.39 is 5.60 Å². The minimum Gasteiger partial charge on any atom is -0.444 e.